The fourth-order valence-corrected chi connectivity index (χ4v) is 3.95. The molecule has 0 unspecified atom stereocenters. The second-order valence-corrected chi connectivity index (χ2v) is 6.85. The average molecular weight is 294 g/mol. The first-order valence-electron chi connectivity index (χ1n) is 7.98. The predicted molar refractivity (Wildman–Crippen MR) is 83.1 cm³/mol. The van der Waals surface area contributed by atoms with Gasteiger partial charge in [-0.15, -0.1) is 0 Å². The Bertz CT molecular complexity index is 420. The molecule has 110 valence electrons. The van der Waals surface area contributed by atoms with E-state index in [4.69, 9.17) is 11.6 Å². The summed E-state index contributed by atoms with van der Waals surface area (Å²) in [5.74, 6) is 3.81. The van der Waals surface area contributed by atoms with Crippen LogP contribution in [0.2, 0.25) is 5.02 Å². The van der Waals surface area contributed by atoms with E-state index in [9.17, 15) is 0 Å². The van der Waals surface area contributed by atoms with Crippen LogP contribution in [0.5, 0.6) is 0 Å². The maximum absolute atomic E-state index is 5.84. The Morgan fingerprint density at radius 1 is 1.15 bits per heavy atom. The summed E-state index contributed by atoms with van der Waals surface area (Å²) < 4.78 is 0. The minimum absolute atomic E-state index is 0.611. The van der Waals surface area contributed by atoms with E-state index < -0.39 is 0 Å². The SMILES string of the molecule is CCCC1CC(C2CCN(c3ncc(Cl)cn3)CC2)C1. The van der Waals surface area contributed by atoms with E-state index in [1.165, 1.54) is 38.5 Å². The van der Waals surface area contributed by atoms with Gasteiger partial charge in [0.05, 0.1) is 17.4 Å². The number of hydrogen-bond donors (Lipinski definition) is 0. The summed E-state index contributed by atoms with van der Waals surface area (Å²) in [6.07, 6.45) is 11.7. The number of hydrogen-bond acceptors (Lipinski definition) is 3. The molecule has 2 heterocycles. The van der Waals surface area contributed by atoms with Crippen LogP contribution in [-0.4, -0.2) is 23.1 Å². The van der Waals surface area contributed by atoms with Crippen molar-refractivity contribution in [3.63, 3.8) is 0 Å². The molecule has 3 nitrogen and oxygen atoms in total. The van der Waals surface area contributed by atoms with E-state index in [1.54, 1.807) is 12.4 Å². The number of anilines is 1. The number of rotatable bonds is 4. The molecule has 2 aliphatic rings. The van der Waals surface area contributed by atoms with Gasteiger partial charge in [-0.2, -0.15) is 0 Å². The van der Waals surface area contributed by atoms with Crippen LogP contribution in [0.15, 0.2) is 12.4 Å². The minimum atomic E-state index is 0.611. The first kappa shape index (κ1) is 14.1. The van der Waals surface area contributed by atoms with Crippen LogP contribution >= 0.6 is 11.6 Å². The summed E-state index contributed by atoms with van der Waals surface area (Å²) in [4.78, 5) is 11.0. The Balaban J connectivity index is 1.47. The molecule has 2 fully saturated rings. The quantitative estimate of drug-likeness (QED) is 0.834. The van der Waals surface area contributed by atoms with Crippen molar-refractivity contribution in [1.82, 2.24) is 9.97 Å². The lowest BCUT2D eigenvalue weighted by atomic mass is 9.65. The summed E-state index contributed by atoms with van der Waals surface area (Å²) in [7, 11) is 0. The zero-order valence-corrected chi connectivity index (χ0v) is 13.0. The van der Waals surface area contributed by atoms with E-state index >= 15 is 0 Å². The molecule has 0 aromatic carbocycles. The van der Waals surface area contributed by atoms with E-state index in [-0.39, 0.29) is 0 Å². The van der Waals surface area contributed by atoms with Gasteiger partial charge < -0.3 is 4.90 Å². The molecule has 0 bridgehead atoms. The van der Waals surface area contributed by atoms with Gasteiger partial charge in [0.15, 0.2) is 0 Å². The highest BCUT2D eigenvalue weighted by Gasteiger charge is 2.36. The molecular weight excluding hydrogens is 270 g/mol. The molecule has 1 aliphatic heterocycles. The van der Waals surface area contributed by atoms with Crippen molar-refractivity contribution in [2.45, 2.75) is 45.4 Å². The molecule has 3 rings (SSSR count). The Kier molecular flexibility index (Phi) is 4.45. The average Bonchev–Trinajstić information content (AvgIpc) is 2.44. The molecule has 1 aromatic rings. The van der Waals surface area contributed by atoms with Gasteiger partial charge in [-0.05, 0) is 43.4 Å². The van der Waals surface area contributed by atoms with Crippen LogP contribution in [-0.2, 0) is 0 Å². The van der Waals surface area contributed by atoms with Gasteiger partial charge in [0.1, 0.15) is 0 Å². The molecule has 0 spiro atoms. The minimum Gasteiger partial charge on any atom is -0.341 e. The fraction of sp³-hybridized carbons (Fsp3) is 0.750. The van der Waals surface area contributed by atoms with Crippen LogP contribution < -0.4 is 4.90 Å². The number of nitrogens with zero attached hydrogens (tertiary/aromatic N) is 3. The van der Waals surface area contributed by atoms with E-state index in [2.05, 4.69) is 21.8 Å². The molecular formula is C16H24ClN3. The third-order valence-electron chi connectivity index (χ3n) is 5.06. The first-order chi connectivity index (χ1) is 9.76. The predicted octanol–water partition coefficient (Wildman–Crippen LogP) is 4.17. The monoisotopic (exact) mass is 293 g/mol. The van der Waals surface area contributed by atoms with Crippen molar-refractivity contribution in [2.24, 2.45) is 17.8 Å². The molecule has 20 heavy (non-hydrogen) atoms. The fourth-order valence-electron chi connectivity index (χ4n) is 3.86. The molecule has 1 aliphatic carbocycles. The summed E-state index contributed by atoms with van der Waals surface area (Å²) in [5, 5.41) is 0.611. The topological polar surface area (TPSA) is 29.0 Å². The molecule has 0 amide bonds. The normalized spacial score (nSPS) is 27.4. The smallest absolute Gasteiger partial charge is 0.225 e. The molecule has 4 heteroatoms. The van der Waals surface area contributed by atoms with Crippen LogP contribution in [0.4, 0.5) is 5.95 Å². The Labute approximate surface area is 126 Å². The largest absolute Gasteiger partial charge is 0.341 e. The Morgan fingerprint density at radius 2 is 1.80 bits per heavy atom. The van der Waals surface area contributed by atoms with Gasteiger partial charge in [0, 0.05) is 13.1 Å². The Morgan fingerprint density at radius 3 is 2.40 bits per heavy atom. The summed E-state index contributed by atoms with van der Waals surface area (Å²) in [6.45, 7) is 4.50. The molecule has 1 aromatic heterocycles. The zero-order valence-electron chi connectivity index (χ0n) is 12.3. The van der Waals surface area contributed by atoms with E-state index in [0.29, 0.717) is 5.02 Å². The highest BCUT2D eigenvalue weighted by molar-refractivity contribution is 6.30. The van der Waals surface area contributed by atoms with E-state index in [1.807, 2.05) is 0 Å². The highest BCUT2D eigenvalue weighted by Crippen LogP contribution is 2.44. The molecule has 0 radical (unpaired) electrons. The second kappa shape index (κ2) is 6.30. The van der Waals surface area contributed by atoms with Crippen molar-refractivity contribution in [1.29, 1.82) is 0 Å². The van der Waals surface area contributed by atoms with Crippen LogP contribution in [0.25, 0.3) is 0 Å². The van der Waals surface area contributed by atoms with Gasteiger partial charge in [0.2, 0.25) is 5.95 Å². The van der Waals surface area contributed by atoms with Crippen molar-refractivity contribution in [3.8, 4) is 0 Å². The highest BCUT2D eigenvalue weighted by atomic mass is 35.5. The van der Waals surface area contributed by atoms with Gasteiger partial charge in [-0.25, -0.2) is 9.97 Å². The number of halogens is 1. The lowest BCUT2D eigenvalue weighted by molar-refractivity contribution is 0.0997. The molecule has 1 saturated heterocycles. The van der Waals surface area contributed by atoms with Crippen molar-refractivity contribution in [2.75, 3.05) is 18.0 Å². The van der Waals surface area contributed by atoms with Gasteiger partial charge >= 0.3 is 0 Å². The van der Waals surface area contributed by atoms with Gasteiger partial charge in [0.25, 0.3) is 0 Å². The first-order valence-corrected chi connectivity index (χ1v) is 8.36. The summed E-state index contributed by atoms with van der Waals surface area (Å²) in [6, 6.07) is 0. The van der Waals surface area contributed by atoms with E-state index in [0.717, 1.165) is 36.8 Å². The van der Waals surface area contributed by atoms with Crippen molar-refractivity contribution >= 4 is 17.5 Å². The third-order valence-corrected chi connectivity index (χ3v) is 5.26. The van der Waals surface area contributed by atoms with Crippen molar-refractivity contribution < 1.29 is 0 Å². The standard InChI is InChI=1S/C16H24ClN3/c1-2-3-12-8-14(9-12)13-4-6-20(7-5-13)16-18-10-15(17)11-19-16/h10-14H,2-9H2,1H3. The number of piperidine rings is 1. The van der Waals surface area contributed by atoms with Crippen LogP contribution in [0.3, 0.4) is 0 Å². The Hall–Kier alpha value is -0.830. The molecule has 0 N–H and O–H groups in total. The van der Waals surface area contributed by atoms with Crippen LogP contribution in [0, 0.1) is 17.8 Å². The van der Waals surface area contributed by atoms with Gasteiger partial charge in [-0.1, -0.05) is 31.4 Å². The third kappa shape index (κ3) is 3.08. The van der Waals surface area contributed by atoms with Crippen molar-refractivity contribution in [3.05, 3.63) is 17.4 Å². The van der Waals surface area contributed by atoms with Crippen LogP contribution in [0.1, 0.15) is 45.4 Å². The summed E-state index contributed by atoms with van der Waals surface area (Å²) >= 11 is 5.84. The van der Waals surface area contributed by atoms with Gasteiger partial charge in [-0.3, -0.25) is 0 Å². The second-order valence-electron chi connectivity index (χ2n) is 6.41. The maximum Gasteiger partial charge on any atom is 0.225 e. The lowest BCUT2D eigenvalue weighted by Gasteiger charge is -2.44. The summed E-state index contributed by atoms with van der Waals surface area (Å²) in [5.41, 5.74) is 0. The lowest BCUT2D eigenvalue weighted by Crippen LogP contribution is -2.40. The molecule has 1 saturated carbocycles. The zero-order chi connectivity index (χ0) is 13.9. The number of aromatic nitrogens is 2. The maximum atomic E-state index is 5.84. The molecule has 0 atom stereocenters.